The number of nitrogens with one attached hydrogen (secondary N) is 2. The van der Waals surface area contributed by atoms with Crippen molar-refractivity contribution in [1.82, 2.24) is 5.32 Å². The number of para-hydroxylation sites is 2. The van der Waals surface area contributed by atoms with Crippen molar-refractivity contribution in [2.24, 2.45) is 0 Å². The zero-order valence-corrected chi connectivity index (χ0v) is 21.4. The molecule has 3 aromatic rings. The summed E-state index contributed by atoms with van der Waals surface area (Å²) in [5.74, 6) is 0.736. The number of hydrogen-bond donors (Lipinski definition) is 3. The summed E-state index contributed by atoms with van der Waals surface area (Å²) >= 11 is 0. The number of amides is 1. The molecule has 3 N–H and O–H groups in total. The number of carbonyl (C=O) groups is 1. The van der Waals surface area contributed by atoms with Gasteiger partial charge >= 0.3 is 0 Å². The largest absolute Gasteiger partial charge is 0.490 e. The minimum absolute atomic E-state index is 0.174. The highest BCUT2D eigenvalue weighted by atomic mass is 16.5. The maximum atomic E-state index is 13.0. The summed E-state index contributed by atoms with van der Waals surface area (Å²) in [6, 6.07) is 25.3. The fraction of sp³-hybridized carbons (Fsp3) is 0.367. The lowest BCUT2D eigenvalue weighted by Crippen LogP contribution is -2.41. The summed E-state index contributed by atoms with van der Waals surface area (Å²) in [4.78, 5) is 15.3. The Balaban J connectivity index is 1.25. The average molecular weight is 504 g/mol. The Labute approximate surface area is 219 Å². The van der Waals surface area contributed by atoms with Gasteiger partial charge in [0.1, 0.15) is 18.5 Å². The average Bonchev–Trinajstić information content (AvgIpc) is 2.95. The highest BCUT2D eigenvalue weighted by Gasteiger charge is 2.23. The zero-order valence-electron chi connectivity index (χ0n) is 21.4. The second-order valence-corrected chi connectivity index (χ2v) is 9.08. The zero-order chi connectivity index (χ0) is 25.9. The highest BCUT2D eigenvalue weighted by molar-refractivity contribution is 5.81. The van der Waals surface area contributed by atoms with Crippen molar-refractivity contribution in [3.8, 4) is 5.75 Å². The van der Waals surface area contributed by atoms with E-state index in [0.717, 1.165) is 55.2 Å². The van der Waals surface area contributed by atoms with Gasteiger partial charge in [0, 0.05) is 31.8 Å². The molecule has 1 heterocycles. The topological polar surface area (TPSA) is 83.1 Å². The van der Waals surface area contributed by atoms with E-state index >= 15 is 0 Å². The number of rotatable bonds is 13. The smallest absolute Gasteiger partial charge is 0.250 e. The van der Waals surface area contributed by atoms with Crippen LogP contribution in [0.25, 0.3) is 0 Å². The first-order valence-corrected chi connectivity index (χ1v) is 13.0. The molecule has 7 nitrogen and oxygen atoms in total. The Kier molecular flexibility index (Phi) is 9.80. The van der Waals surface area contributed by atoms with Gasteiger partial charge in [0.15, 0.2) is 0 Å². The van der Waals surface area contributed by atoms with Crippen LogP contribution in [0.15, 0.2) is 78.9 Å². The molecule has 0 spiro atoms. The van der Waals surface area contributed by atoms with Crippen molar-refractivity contribution in [2.75, 3.05) is 49.7 Å². The summed E-state index contributed by atoms with van der Waals surface area (Å²) in [7, 11) is 0. The number of anilines is 2. The SMILES string of the molecule is CCO[C@@H](Cc1ccc(NCCCN2CCOc3ccccc32)cc1)C(=O)N[C@@H](CO)c1ccccc1. The quantitative estimate of drug-likeness (QED) is 0.304. The van der Waals surface area contributed by atoms with E-state index in [-0.39, 0.29) is 12.5 Å². The van der Waals surface area contributed by atoms with E-state index in [9.17, 15) is 9.90 Å². The monoisotopic (exact) mass is 503 g/mol. The number of carbonyl (C=O) groups excluding carboxylic acids is 1. The van der Waals surface area contributed by atoms with Gasteiger partial charge in [-0.25, -0.2) is 0 Å². The molecular weight excluding hydrogens is 466 g/mol. The van der Waals surface area contributed by atoms with Crippen molar-refractivity contribution in [2.45, 2.75) is 31.9 Å². The van der Waals surface area contributed by atoms with Gasteiger partial charge in [0.25, 0.3) is 0 Å². The van der Waals surface area contributed by atoms with E-state index in [4.69, 9.17) is 9.47 Å². The Morgan fingerprint density at radius 2 is 1.81 bits per heavy atom. The number of ether oxygens (including phenoxy) is 2. The van der Waals surface area contributed by atoms with Crippen LogP contribution in [0.2, 0.25) is 0 Å². The first-order valence-electron chi connectivity index (χ1n) is 13.0. The van der Waals surface area contributed by atoms with Crippen molar-refractivity contribution < 1.29 is 19.4 Å². The Bertz CT molecular complexity index is 1110. The van der Waals surface area contributed by atoms with Crippen LogP contribution in [0.1, 0.15) is 30.5 Å². The Morgan fingerprint density at radius 1 is 1.05 bits per heavy atom. The van der Waals surface area contributed by atoms with E-state index in [0.29, 0.717) is 13.0 Å². The van der Waals surface area contributed by atoms with Crippen molar-refractivity contribution >= 4 is 17.3 Å². The van der Waals surface area contributed by atoms with Gasteiger partial charge in [-0.2, -0.15) is 0 Å². The minimum Gasteiger partial charge on any atom is -0.490 e. The molecule has 3 aromatic carbocycles. The van der Waals surface area contributed by atoms with Crippen molar-refractivity contribution in [3.63, 3.8) is 0 Å². The number of benzene rings is 3. The van der Waals surface area contributed by atoms with Gasteiger partial charge in [0.05, 0.1) is 24.9 Å². The third kappa shape index (κ3) is 7.47. The van der Waals surface area contributed by atoms with E-state index < -0.39 is 12.1 Å². The van der Waals surface area contributed by atoms with Gasteiger partial charge in [-0.3, -0.25) is 4.79 Å². The maximum absolute atomic E-state index is 13.0. The molecule has 0 saturated heterocycles. The molecule has 0 saturated carbocycles. The molecule has 0 unspecified atom stereocenters. The molecule has 2 atom stereocenters. The number of hydrogen-bond acceptors (Lipinski definition) is 6. The highest BCUT2D eigenvalue weighted by Crippen LogP contribution is 2.30. The lowest BCUT2D eigenvalue weighted by Gasteiger charge is -2.31. The maximum Gasteiger partial charge on any atom is 0.250 e. The normalized spacial score (nSPS) is 14.3. The molecule has 4 rings (SSSR count). The van der Waals surface area contributed by atoms with Crippen LogP contribution < -0.4 is 20.3 Å². The van der Waals surface area contributed by atoms with E-state index in [1.807, 2.05) is 79.7 Å². The number of aliphatic hydroxyl groups excluding tert-OH is 1. The van der Waals surface area contributed by atoms with E-state index in [1.165, 1.54) is 5.69 Å². The van der Waals surface area contributed by atoms with Crippen molar-refractivity contribution in [3.05, 3.63) is 90.0 Å². The number of fused-ring (bicyclic) bond motifs is 1. The Morgan fingerprint density at radius 3 is 2.57 bits per heavy atom. The van der Waals surface area contributed by atoms with E-state index in [1.54, 1.807) is 0 Å². The van der Waals surface area contributed by atoms with Crippen LogP contribution in [-0.4, -0.2) is 56.6 Å². The fourth-order valence-corrected chi connectivity index (χ4v) is 4.55. The van der Waals surface area contributed by atoms with Crippen LogP contribution in [0.3, 0.4) is 0 Å². The molecule has 1 aliphatic rings. The first-order chi connectivity index (χ1) is 18.2. The summed E-state index contributed by atoms with van der Waals surface area (Å²) in [6.07, 6.45) is 0.845. The molecule has 0 aromatic heterocycles. The molecule has 0 bridgehead atoms. The van der Waals surface area contributed by atoms with Crippen LogP contribution in [0.4, 0.5) is 11.4 Å². The first kappa shape index (κ1) is 26.5. The molecule has 0 radical (unpaired) electrons. The van der Waals surface area contributed by atoms with Crippen LogP contribution in [0.5, 0.6) is 5.75 Å². The molecule has 196 valence electrons. The van der Waals surface area contributed by atoms with Gasteiger partial charge in [-0.15, -0.1) is 0 Å². The predicted octanol–water partition coefficient (Wildman–Crippen LogP) is 4.19. The molecule has 0 aliphatic carbocycles. The summed E-state index contributed by atoms with van der Waals surface area (Å²) in [5.41, 5.74) is 4.10. The summed E-state index contributed by atoms with van der Waals surface area (Å²) < 4.78 is 11.5. The third-order valence-corrected chi connectivity index (χ3v) is 6.49. The molecule has 37 heavy (non-hydrogen) atoms. The van der Waals surface area contributed by atoms with Crippen LogP contribution >= 0.6 is 0 Å². The van der Waals surface area contributed by atoms with Crippen molar-refractivity contribution in [1.29, 1.82) is 0 Å². The second kappa shape index (κ2) is 13.7. The van der Waals surface area contributed by atoms with E-state index in [2.05, 4.69) is 21.6 Å². The molecule has 7 heteroatoms. The van der Waals surface area contributed by atoms with Gasteiger partial charge < -0.3 is 30.1 Å². The lowest BCUT2D eigenvalue weighted by atomic mass is 10.0. The van der Waals surface area contributed by atoms with Gasteiger partial charge in [0.2, 0.25) is 5.91 Å². The minimum atomic E-state index is -0.627. The van der Waals surface area contributed by atoms with Crippen LogP contribution in [-0.2, 0) is 16.0 Å². The Hall–Kier alpha value is -3.55. The molecular formula is C30H37N3O4. The van der Waals surface area contributed by atoms with Gasteiger partial charge in [-0.1, -0.05) is 54.6 Å². The molecule has 0 fully saturated rings. The number of nitrogens with zero attached hydrogens (tertiary/aromatic N) is 1. The standard InChI is InChI=1S/C30H37N3O4/c1-2-36-29(30(35)32-26(22-34)24-9-4-3-5-10-24)21-23-13-15-25(16-14-23)31-17-8-18-33-19-20-37-28-12-7-6-11-27(28)33/h3-7,9-16,26,29,31,34H,2,8,17-22H2,1H3,(H,32,35)/t26-,29-/m0/s1. The molecule has 1 aliphatic heterocycles. The number of aliphatic hydroxyl groups is 1. The third-order valence-electron chi connectivity index (χ3n) is 6.49. The molecule has 1 amide bonds. The second-order valence-electron chi connectivity index (χ2n) is 9.08. The fourth-order valence-electron chi connectivity index (χ4n) is 4.55. The predicted molar refractivity (Wildman–Crippen MR) is 147 cm³/mol. The summed E-state index contributed by atoms with van der Waals surface area (Å²) in [5, 5.41) is 16.2. The lowest BCUT2D eigenvalue weighted by molar-refractivity contribution is -0.133. The van der Waals surface area contributed by atoms with Gasteiger partial charge in [-0.05, 0) is 48.7 Å². The van der Waals surface area contributed by atoms with Crippen LogP contribution in [0, 0.1) is 0 Å². The summed E-state index contributed by atoms with van der Waals surface area (Å²) in [6.45, 7) is 5.60.